The van der Waals surface area contributed by atoms with Crippen LogP contribution in [0.3, 0.4) is 0 Å². The van der Waals surface area contributed by atoms with E-state index in [0.717, 1.165) is 42.9 Å². The highest BCUT2D eigenvalue weighted by atomic mass is 16.5. The van der Waals surface area contributed by atoms with Crippen LogP contribution in [0.15, 0.2) is 48.5 Å². The summed E-state index contributed by atoms with van der Waals surface area (Å²) < 4.78 is 11.4. The summed E-state index contributed by atoms with van der Waals surface area (Å²) in [6, 6.07) is 16.4. The summed E-state index contributed by atoms with van der Waals surface area (Å²) in [6.45, 7) is 2.55. The van der Waals surface area contributed by atoms with Crippen LogP contribution in [0.2, 0.25) is 0 Å². The van der Waals surface area contributed by atoms with Crippen molar-refractivity contribution in [3.05, 3.63) is 59.7 Å². The van der Waals surface area contributed by atoms with E-state index in [1.165, 1.54) is 12.0 Å². The Morgan fingerprint density at radius 3 is 2.59 bits per heavy atom. The quantitative estimate of drug-likeness (QED) is 0.604. The van der Waals surface area contributed by atoms with Crippen molar-refractivity contribution in [2.24, 2.45) is 23.7 Å². The van der Waals surface area contributed by atoms with E-state index in [-0.39, 0.29) is 11.8 Å². The second-order valence-corrected chi connectivity index (χ2v) is 8.69. The van der Waals surface area contributed by atoms with Crippen LogP contribution < -0.4 is 9.47 Å². The number of carboxylic acids is 1. The molecule has 2 unspecified atom stereocenters. The number of methoxy groups -OCH3 is 1. The van der Waals surface area contributed by atoms with Gasteiger partial charge in [-0.2, -0.15) is 0 Å². The van der Waals surface area contributed by atoms with Crippen LogP contribution in [0, 0.1) is 23.7 Å². The van der Waals surface area contributed by atoms with Gasteiger partial charge in [-0.05, 0) is 84.7 Å². The zero-order chi connectivity index (χ0) is 20.4. The molecule has 2 aromatic carbocycles. The summed E-state index contributed by atoms with van der Waals surface area (Å²) >= 11 is 0. The van der Waals surface area contributed by atoms with Gasteiger partial charge >= 0.3 is 5.97 Å². The lowest BCUT2D eigenvalue weighted by atomic mass is 9.83. The van der Waals surface area contributed by atoms with Crippen molar-refractivity contribution in [1.29, 1.82) is 0 Å². The molecule has 0 heterocycles. The van der Waals surface area contributed by atoms with E-state index in [2.05, 4.69) is 24.3 Å². The molecule has 29 heavy (non-hydrogen) atoms. The normalized spacial score (nSPS) is 22.6. The molecule has 4 rings (SSSR count). The minimum Gasteiger partial charge on any atom is -0.497 e. The molecule has 4 nitrogen and oxygen atoms in total. The number of aliphatic carboxylic acids is 1. The number of hydrogen-bond acceptors (Lipinski definition) is 3. The highest BCUT2D eigenvalue weighted by molar-refractivity contribution is 5.71. The van der Waals surface area contributed by atoms with E-state index >= 15 is 0 Å². The Hall–Kier alpha value is -2.49. The number of carboxylic acid groups (broad SMARTS) is 1. The second kappa shape index (κ2) is 8.48. The smallest absolute Gasteiger partial charge is 0.306 e. The van der Waals surface area contributed by atoms with Crippen molar-refractivity contribution in [3.8, 4) is 11.5 Å². The summed E-state index contributed by atoms with van der Waals surface area (Å²) in [6.07, 6.45) is 4.51. The largest absolute Gasteiger partial charge is 0.497 e. The Labute approximate surface area is 172 Å². The zero-order valence-electron chi connectivity index (χ0n) is 17.2. The van der Waals surface area contributed by atoms with Crippen molar-refractivity contribution in [2.45, 2.75) is 38.5 Å². The Kier molecular flexibility index (Phi) is 5.79. The van der Waals surface area contributed by atoms with Crippen molar-refractivity contribution in [2.75, 3.05) is 13.7 Å². The number of hydrogen-bond donors (Lipinski definition) is 1. The van der Waals surface area contributed by atoms with Crippen molar-refractivity contribution < 1.29 is 19.4 Å². The van der Waals surface area contributed by atoms with E-state index in [0.29, 0.717) is 17.8 Å². The van der Waals surface area contributed by atoms with Crippen LogP contribution in [-0.4, -0.2) is 24.8 Å². The Bertz CT molecular complexity index is 857. The van der Waals surface area contributed by atoms with E-state index < -0.39 is 5.97 Å². The zero-order valence-corrected chi connectivity index (χ0v) is 17.2. The fourth-order valence-corrected chi connectivity index (χ4v) is 4.46. The van der Waals surface area contributed by atoms with Gasteiger partial charge in [0.1, 0.15) is 11.5 Å². The molecule has 4 heteroatoms. The first-order valence-corrected chi connectivity index (χ1v) is 10.6. The average molecular weight is 395 g/mol. The van der Waals surface area contributed by atoms with Gasteiger partial charge in [-0.15, -0.1) is 0 Å². The maximum Gasteiger partial charge on any atom is 0.306 e. The van der Waals surface area contributed by atoms with Crippen LogP contribution in [0.5, 0.6) is 11.5 Å². The van der Waals surface area contributed by atoms with Crippen LogP contribution >= 0.6 is 0 Å². The number of benzene rings is 2. The maximum atomic E-state index is 11.5. The summed E-state index contributed by atoms with van der Waals surface area (Å²) in [7, 11) is 1.70. The summed E-state index contributed by atoms with van der Waals surface area (Å²) in [5.41, 5.74) is 2.41. The first-order chi connectivity index (χ1) is 14.0. The summed E-state index contributed by atoms with van der Waals surface area (Å²) in [4.78, 5) is 11.5. The van der Waals surface area contributed by atoms with Crippen LogP contribution in [-0.2, 0) is 11.2 Å². The minimum atomic E-state index is -0.716. The van der Waals surface area contributed by atoms with Crippen molar-refractivity contribution in [3.63, 3.8) is 0 Å². The lowest BCUT2D eigenvalue weighted by molar-refractivity contribution is -0.142. The Balaban J connectivity index is 1.33. The third-order valence-corrected chi connectivity index (χ3v) is 6.47. The number of ether oxygens (including phenoxy) is 2. The molecular weight excluding hydrogens is 364 g/mol. The highest BCUT2D eigenvalue weighted by Gasteiger charge is 2.39. The molecule has 0 amide bonds. The minimum absolute atomic E-state index is 0.0813. The Morgan fingerprint density at radius 1 is 1.10 bits per heavy atom. The molecule has 2 aromatic rings. The Morgan fingerprint density at radius 2 is 1.86 bits per heavy atom. The molecule has 2 fully saturated rings. The topological polar surface area (TPSA) is 55.8 Å². The second-order valence-electron chi connectivity index (χ2n) is 8.69. The number of carbonyl (C=O) groups is 1. The summed E-state index contributed by atoms with van der Waals surface area (Å²) in [5, 5.41) is 9.49. The van der Waals surface area contributed by atoms with Gasteiger partial charge in [0, 0.05) is 0 Å². The SMILES string of the molecule is COc1cccc(CC2C[C@@H]2COc2cccc(C(C3CC3)[C@@H](C)C(=O)O)c2)c1. The van der Waals surface area contributed by atoms with Crippen LogP contribution in [0.1, 0.15) is 43.2 Å². The molecular formula is C25H30O4. The summed E-state index contributed by atoms with van der Waals surface area (Å²) in [5.74, 6) is 2.51. The predicted molar refractivity (Wildman–Crippen MR) is 112 cm³/mol. The molecule has 154 valence electrons. The lowest BCUT2D eigenvalue weighted by Gasteiger charge is -2.21. The molecule has 2 aliphatic carbocycles. The lowest BCUT2D eigenvalue weighted by Crippen LogP contribution is -2.20. The van der Waals surface area contributed by atoms with Gasteiger partial charge in [-0.3, -0.25) is 4.79 Å². The third-order valence-electron chi connectivity index (χ3n) is 6.47. The first-order valence-electron chi connectivity index (χ1n) is 10.6. The van der Waals surface area contributed by atoms with Crippen LogP contribution in [0.4, 0.5) is 0 Å². The molecule has 0 spiro atoms. The van der Waals surface area contributed by atoms with Gasteiger partial charge in [0.25, 0.3) is 0 Å². The van der Waals surface area contributed by atoms with E-state index in [9.17, 15) is 9.90 Å². The van der Waals surface area contributed by atoms with Crippen molar-refractivity contribution >= 4 is 5.97 Å². The predicted octanol–water partition coefficient (Wildman–Crippen LogP) is 5.17. The first kappa shape index (κ1) is 19.8. The van der Waals surface area contributed by atoms with Gasteiger partial charge in [-0.25, -0.2) is 0 Å². The van der Waals surface area contributed by atoms with E-state index in [1.54, 1.807) is 7.11 Å². The highest BCUT2D eigenvalue weighted by Crippen LogP contribution is 2.47. The molecule has 4 atom stereocenters. The monoisotopic (exact) mass is 394 g/mol. The fourth-order valence-electron chi connectivity index (χ4n) is 4.46. The maximum absolute atomic E-state index is 11.5. The molecule has 0 radical (unpaired) electrons. The molecule has 2 saturated carbocycles. The van der Waals surface area contributed by atoms with Crippen LogP contribution in [0.25, 0.3) is 0 Å². The van der Waals surface area contributed by atoms with E-state index in [4.69, 9.17) is 9.47 Å². The molecule has 0 aliphatic heterocycles. The van der Waals surface area contributed by atoms with E-state index in [1.807, 2.05) is 31.2 Å². The third kappa shape index (κ3) is 4.92. The number of rotatable bonds is 10. The molecule has 0 aromatic heterocycles. The van der Waals surface area contributed by atoms with Crippen molar-refractivity contribution in [1.82, 2.24) is 0 Å². The average Bonchev–Trinajstić information content (AvgIpc) is 3.64. The van der Waals surface area contributed by atoms with Gasteiger partial charge in [-0.1, -0.05) is 31.2 Å². The standard InChI is InChI=1S/C25H30O4/c1-16(25(26)27)24(18-9-10-18)19-6-4-8-23(14-19)29-15-21-13-20(21)11-17-5-3-7-22(12-17)28-2/h3-8,12,14,16,18,20-21,24H,9-11,13,15H2,1-2H3,(H,26,27)/t16-,20?,21-,24?/m1/s1. The van der Waals surface area contributed by atoms with Gasteiger partial charge in [0.15, 0.2) is 0 Å². The molecule has 2 aliphatic rings. The van der Waals surface area contributed by atoms with Gasteiger partial charge in [0.05, 0.1) is 19.6 Å². The molecule has 0 saturated heterocycles. The van der Waals surface area contributed by atoms with Gasteiger partial charge < -0.3 is 14.6 Å². The fraction of sp³-hybridized carbons (Fsp3) is 0.480. The molecule has 1 N–H and O–H groups in total. The molecule has 0 bridgehead atoms. The van der Waals surface area contributed by atoms with Gasteiger partial charge in [0.2, 0.25) is 0 Å².